The normalized spacial score (nSPS) is 20.5. The largest absolute Gasteiger partial charge is 0.381 e. The molecule has 1 fully saturated rings. The van der Waals surface area contributed by atoms with Crippen LogP contribution in [0.2, 0.25) is 0 Å². The van der Waals surface area contributed by atoms with E-state index in [9.17, 15) is 8.78 Å². The quantitative estimate of drug-likeness (QED) is 0.874. The Balaban J connectivity index is 1.79. The van der Waals surface area contributed by atoms with Crippen molar-refractivity contribution in [3.63, 3.8) is 0 Å². The molecule has 1 aliphatic heterocycles. The minimum absolute atomic E-state index is 0.361. The van der Waals surface area contributed by atoms with E-state index in [0.29, 0.717) is 18.0 Å². The van der Waals surface area contributed by atoms with E-state index in [1.54, 1.807) is 0 Å². The molecular weight excluding hydrogens is 224 g/mol. The fourth-order valence-electron chi connectivity index (χ4n) is 2.06. The van der Waals surface area contributed by atoms with Crippen LogP contribution in [0.15, 0.2) is 18.2 Å². The highest BCUT2D eigenvalue weighted by atomic mass is 19.1. The molecule has 17 heavy (non-hydrogen) atoms. The lowest BCUT2D eigenvalue weighted by Crippen LogP contribution is -2.29. The molecule has 2 rings (SSSR count). The van der Waals surface area contributed by atoms with Crippen molar-refractivity contribution in [1.82, 2.24) is 5.32 Å². The first kappa shape index (κ1) is 12.5. The average Bonchev–Trinajstić information content (AvgIpc) is 2.35. The lowest BCUT2D eigenvalue weighted by Gasteiger charge is -2.22. The fraction of sp³-hybridized carbons (Fsp3) is 0.538. The first-order valence-electron chi connectivity index (χ1n) is 5.98. The van der Waals surface area contributed by atoms with Gasteiger partial charge in [-0.2, -0.15) is 0 Å². The summed E-state index contributed by atoms with van der Waals surface area (Å²) in [6.07, 6.45) is 2.22. The summed E-state index contributed by atoms with van der Waals surface area (Å²) in [7, 11) is 0. The molecule has 0 saturated carbocycles. The molecule has 4 heteroatoms. The maximum absolute atomic E-state index is 13.3. The summed E-state index contributed by atoms with van der Waals surface area (Å²) in [6, 6.07) is 3.53. The van der Waals surface area contributed by atoms with Gasteiger partial charge in [-0.3, -0.25) is 0 Å². The Morgan fingerprint density at radius 3 is 3.00 bits per heavy atom. The second-order valence-corrected chi connectivity index (χ2v) is 4.45. The van der Waals surface area contributed by atoms with E-state index in [1.807, 2.05) is 0 Å². The number of ether oxygens (including phenoxy) is 1. The summed E-state index contributed by atoms with van der Waals surface area (Å²) in [4.78, 5) is 0. The van der Waals surface area contributed by atoms with Crippen LogP contribution in [0.3, 0.4) is 0 Å². The molecule has 1 N–H and O–H groups in total. The van der Waals surface area contributed by atoms with E-state index in [4.69, 9.17) is 4.74 Å². The van der Waals surface area contributed by atoms with Crippen LogP contribution in [0.1, 0.15) is 18.4 Å². The second-order valence-electron chi connectivity index (χ2n) is 4.45. The van der Waals surface area contributed by atoms with Crippen molar-refractivity contribution < 1.29 is 13.5 Å². The Bertz CT molecular complexity index is 364. The molecule has 1 unspecified atom stereocenters. The molecule has 0 aromatic heterocycles. The van der Waals surface area contributed by atoms with E-state index in [0.717, 1.165) is 44.7 Å². The monoisotopic (exact) mass is 241 g/mol. The van der Waals surface area contributed by atoms with Crippen molar-refractivity contribution in [3.05, 3.63) is 35.4 Å². The van der Waals surface area contributed by atoms with Crippen molar-refractivity contribution in [3.8, 4) is 0 Å². The highest BCUT2D eigenvalue weighted by Gasteiger charge is 2.13. The predicted octanol–water partition coefficient (Wildman–Crippen LogP) is 2.48. The van der Waals surface area contributed by atoms with Gasteiger partial charge in [0.15, 0.2) is 0 Å². The highest BCUT2D eigenvalue weighted by Crippen LogP contribution is 2.13. The molecule has 0 bridgehead atoms. The van der Waals surface area contributed by atoms with Gasteiger partial charge in [0.1, 0.15) is 11.6 Å². The van der Waals surface area contributed by atoms with E-state index in [2.05, 4.69) is 5.32 Å². The topological polar surface area (TPSA) is 21.3 Å². The van der Waals surface area contributed by atoms with Crippen LogP contribution in [0.25, 0.3) is 0 Å². The molecule has 1 aromatic carbocycles. The van der Waals surface area contributed by atoms with Crippen LogP contribution in [-0.2, 0) is 11.3 Å². The van der Waals surface area contributed by atoms with Gasteiger partial charge in [-0.25, -0.2) is 8.78 Å². The Morgan fingerprint density at radius 1 is 1.35 bits per heavy atom. The van der Waals surface area contributed by atoms with Crippen molar-refractivity contribution in [1.29, 1.82) is 0 Å². The third-order valence-electron chi connectivity index (χ3n) is 3.01. The zero-order valence-corrected chi connectivity index (χ0v) is 9.72. The summed E-state index contributed by atoms with van der Waals surface area (Å²) in [6.45, 7) is 2.75. The highest BCUT2D eigenvalue weighted by molar-refractivity contribution is 5.18. The minimum atomic E-state index is -0.399. The lowest BCUT2D eigenvalue weighted by molar-refractivity contribution is 0.0547. The summed E-state index contributed by atoms with van der Waals surface area (Å²) < 4.78 is 31.6. The fourth-order valence-corrected chi connectivity index (χ4v) is 2.06. The molecule has 94 valence electrons. The number of nitrogens with one attached hydrogen (secondary N) is 1. The molecular formula is C13H17F2NO. The van der Waals surface area contributed by atoms with Gasteiger partial charge >= 0.3 is 0 Å². The van der Waals surface area contributed by atoms with Gasteiger partial charge in [0.2, 0.25) is 0 Å². The average molecular weight is 241 g/mol. The first-order valence-corrected chi connectivity index (χ1v) is 5.98. The SMILES string of the molecule is Fc1ccc(F)c(CNCC2CCCOC2)c1. The van der Waals surface area contributed by atoms with Gasteiger partial charge in [-0.05, 0) is 37.0 Å². The number of rotatable bonds is 4. The van der Waals surface area contributed by atoms with E-state index in [-0.39, 0.29) is 5.82 Å². The predicted molar refractivity (Wildman–Crippen MR) is 61.6 cm³/mol. The Morgan fingerprint density at radius 2 is 2.24 bits per heavy atom. The Kier molecular flexibility index (Phi) is 4.45. The third-order valence-corrected chi connectivity index (χ3v) is 3.01. The van der Waals surface area contributed by atoms with Crippen LogP contribution in [0, 0.1) is 17.6 Å². The molecule has 1 heterocycles. The summed E-state index contributed by atoms with van der Waals surface area (Å²) >= 11 is 0. The Labute approximate surface area is 100.0 Å². The standard InChI is InChI=1S/C13H17F2NO/c14-12-3-4-13(15)11(6-12)8-16-7-10-2-1-5-17-9-10/h3-4,6,10,16H,1-2,5,7-9H2. The summed E-state index contributed by atoms with van der Waals surface area (Å²) in [5.41, 5.74) is 0.377. The van der Waals surface area contributed by atoms with Crippen LogP contribution in [0.4, 0.5) is 8.78 Å². The number of hydrogen-bond donors (Lipinski definition) is 1. The first-order chi connectivity index (χ1) is 8.25. The van der Waals surface area contributed by atoms with Gasteiger partial charge in [0, 0.05) is 25.3 Å². The van der Waals surface area contributed by atoms with Crippen LogP contribution >= 0.6 is 0 Å². The van der Waals surface area contributed by atoms with Gasteiger partial charge in [-0.15, -0.1) is 0 Å². The second kappa shape index (κ2) is 6.07. The van der Waals surface area contributed by atoms with Gasteiger partial charge in [0.25, 0.3) is 0 Å². The molecule has 2 nitrogen and oxygen atoms in total. The molecule has 0 spiro atoms. The van der Waals surface area contributed by atoms with Gasteiger partial charge in [0.05, 0.1) is 6.61 Å². The van der Waals surface area contributed by atoms with Crippen molar-refractivity contribution in [2.75, 3.05) is 19.8 Å². The third kappa shape index (κ3) is 3.75. The number of hydrogen-bond acceptors (Lipinski definition) is 2. The van der Waals surface area contributed by atoms with Crippen LogP contribution < -0.4 is 5.32 Å². The molecule has 1 aliphatic rings. The molecule has 0 amide bonds. The maximum Gasteiger partial charge on any atom is 0.127 e. The summed E-state index contributed by atoms with van der Waals surface area (Å²) in [5, 5.41) is 3.15. The van der Waals surface area contributed by atoms with Crippen molar-refractivity contribution in [2.45, 2.75) is 19.4 Å². The van der Waals surface area contributed by atoms with Crippen LogP contribution in [-0.4, -0.2) is 19.8 Å². The van der Waals surface area contributed by atoms with E-state index < -0.39 is 5.82 Å². The van der Waals surface area contributed by atoms with E-state index >= 15 is 0 Å². The molecule has 0 aliphatic carbocycles. The smallest absolute Gasteiger partial charge is 0.127 e. The van der Waals surface area contributed by atoms with Crippen molar-refractivity contribution in [2.24, 2.45) is 5.92 Å². The van der Waals surface area contributed by atoms with E-state index in [1.165, 1.54) is 6.07 Å². The van der Waals surface area contributed by atoms with Gasteiger partial charge in [-0.1, -0.05) is 0 Å². The maximum atomic E-state index is 13.3. The number of halogens is 2. The molecule has 1 aromatic rings. The molecule has 0 radical (unpaired) electrons. The molecule has 1 saturated heterocycles. The zero-order valence-electron chi connectivity index (χ0n) is 9.72. The van der Waals surface area contributed by atoms with Crippen LogP contribution in [0.5, 0.6) is 0 Å². The van der Waals surface area contributed by atoms with Gasteiger partial charge < -0.3 is 10.1 Å². The molecule has 1 atom stereocenters. The summed E-state index contributed by atoms with van der Waals surface area (Å²) in [5.74, 6) is -0.275. The minimum Gasteiger partial charge on any atom is -0.381 e. The number of benzene rings is 1. The Hall–Kier alpha value is -1.00. The zero-order chi connectivity index (χ0) is 12.1. The lowest BCUT2D eigenvalue weighted by atomic mass is 10.0. The van der Waals surface area contributed by atoms with Crippen molar-refractivity contribution >= 4 is 0 Å².